The maximum Gasteiger partial charge on any atom is 0.508 e. The van der Waals surface area contributed by atoms with Crippen LogP contribution in [0.15, 0.2) is 60.7 Å². The van der Waals surface area contributed by atoms with Gasteiger partial charge in [-0.3, -0.25) is 0 Å². The Kier molecular flexibility index (Phi) is 7.49. The van der Waals surface area contributed by atoms with E-state index in [1.807, 2.05) is 18.2 Å². The Morgan fingerprint density at radius 3 is 2.03 bits per heavy atom. The maximum absolute atomic E-state index is 13.1. The highest BCUT2D eigenvalue weighted by Gasteiger charge is 2.41. The molecule has 202 valence electrons. The van der Waals surface area contributed by atoms with Crippen molar-refractivity contribution in [2.75, 3.05) is 6.61 Å². The van der Waals surface area contributed by atoms with Crippen molar-refractivity contribution in [3.63, 3.8) is 0 Å². The summed E-state index contributed by atoms with van der Waals surface area (Å²) >= 11 is -3.52. The summed E-state index contributed by atoms with van der Waals surface area (Å²) in [6.45, 7) is 10.7. The number of hydrogen-bond donors (Lipinski definition) is 0. The lowest BCUT2D eigenvalue weighted by Crippen LogP contribution is -2.33. The molecule has 1 unspecified atom stereocenters. The van der Waals surface area contributed by atoms with E-state index in [1.54, 1.807) is 43.3 Å². The zero-order valence-electron chi connectivity index (χ0n) is 22.1. The summed E-state index contributed by atoms with van der Waals surface area (Å²) in [5.74, 6) is -0.557. The average Bonchev–Trinajstić information content (AvgIpc) is 2.86. The van der Waals surface area contributed by atoms with E-state index in [9.17, 15) is 22.2 Å². The van der Waals surface area contributed by atoms with Gasteiger partial charge in [-0.1, -0.05) is 64.1 Å². The number of hydrogen-bond acceptors (Lipinski definition) is 4. The standard InChI is InChI=1S/C30H31F3O4S/c1-6-36-27(34)20-9-7-19(8-10-20)21-12-14-26(37-38(35)30(31,32)33)23(17-21)22-11-13-24-25(18-22)29(4,5)16-15-28(24,2)3/h7-14,17-18H,6,15-16H2,1-5H3. The molecular weight excluding hydrogens is 513 g/mol. The van der Waals surface area contributed by atoms with Crippen LogP contribution >= 0.6 is 0 Å². The van der Waals surface area contributed by atoms with Crippen LogP contribution in [0.2, 0.25) is 0 Å². The molecule has 0 spiro atoms. The first kappa shape index (κ1) is 27.9. The Morgan fingerprint density at radius 1 is 0.842 bits per heavy atom. The lowest BCUT2D eigenvalue weighted by Gasteiger charge is -2.42. The van der Waals surface area contributed by atoms with Gasteiger partial charge in [-0.05, 0) is 82.7 Å². The molecule has 3 aromatic rings. The van der Waals surface area contributed by atoms with Crippen LogP contribution in [-0.4, -0.2) is 22.3 Å². The molecule has 0 fully saturated rings. The topological polar surface area (TPSA) is 52.6 Å². The van der Waals surface area contributed by atoms with Crippen molar-refractivity contribution in [3.8, 4) is 28.0 Å². The monoisotopic (exact) mass is 544 g/mol. The molecule has 0 aromatic heterocycles. The number of rotatable bonds is 6. The number of alkyl halides is 3. The van der Waals surface area contributed by atoms with E-state index < -0.39 is 22.6 Å². The van der Waals surface area contributed by atoms with E-state index in [-0.39, 0.29) is 23.2 Å². The first-order valence-electron chi connectivity index (χ1n) is 12.5. The number of halogens is 3. The van der Waals surface area contributed by atoms with Gasteiger partial charge in [0.15, 0.2) is 0 Å². The van der Waals surface area contributed by atoms with Gasteiger partial charge < -0.3 is 8.92 Å². The predicted molar refractivity (Wildman–Crippen MR) is 143 cm³/mol. The fraction of sp³-hybridized carbons (Fsp3) is 0.367. The average molecular weight is 545 g/mol. The minimum Gasteiger partial charge on any atom is -0.462 e. The summed E-state index contributed by atoms with van der Waals surface area (Å²) in [4.78, 5) is 12.0. The zero-order valence-corrected chi connectivity index (χ0v) is 22.9. The fourth-order valence-corrected chi connectivity index (χ4v) is 5.31. The highest BCUT2D eigenvalue weighted by Crippen LogP contribution is 2.48. The Labute approximate surface area is 223 Å². The molecule has 0 bridgehead atoms. The summed E-state index contributed by atoms with van der Waals surface area (Å²) in [6, 6.07) is 17.5. The fourth-order valence-electron chi connectivity index (χ4n) is 4.91. The Morgan fingerprint density at radius 2 is 1.42 bits per heavy atom. The molecule has 0 amide bonds. The van der Waals surface area contributed by atoms with E-state index in [2.05, 4.69) is 27.7 Å². The van der Waals surface area contributed by atoms with E-state index in [1.165, 1.54) is 11.6 Å². The Bertz CT molecular complexity index is 1380. The second-order valence-corrected chi connectivity index (χ2v) is 11.9. The van der Waals surface area contributed by atoms with Gasteiger partial charge in [0.25, 0.3) is 0 Å². The molecule has 1 aliphatic rings. The first-order chi connectivity index (χ1) is 17.7. The maximum atomic E-state index is 13.1. The SMILES string of the molecule is CCOC(=O)c1ccc(-c2ccc(OS(=O)C(F)(F)F)c(-c3ccc4c(c3)C(C)(C)CCC4(C)C)c2)cc1. The molecule has 3 aromatic carbocycles. The predicted octanol–water partition coefficient (Wildman–Crippen LogP) is 8.11. The second kappa shape index (κ2) is 10.2. The molecule has 0 radical (unpaired) electrons. The number of ether oxygens (including phenoxy) is 1. The smallest absolute Gasteiger partial charge is 0.462 e. The summed E-state index contributed by atoms with van der Waals surface area (Å²) in [5, 5.41) is 0. The molecule has 4 nitrogen and oxygen atoms in total. The third-order valence-electron chi connectivity index (χ3n) is 7.23. The van der Waals surface area contributed by atoms with Crippen LogP contribution in [0.5, 0.6) is 5.75 Å². The van der Waals surface area contributed by atoms with Gasteiger partial charge in [-0.2, -0.15) is 13.2 Å². The second-order valence-electron chi connectivity index (χ2n) is 10.8. The molecule has 1 aliphatic carbocycles. The third kappa shape index (κ3) is 5.65. The number of fused-ring (bicyclic) bond motifs is 1. The van der Waals surface area contributed by atoms with E-state index in [4.69, 9.17) is 8.92 Å². The van der Waals surface area contributed by atoms with Crippen LogP contribution in [0.3, 0.4) is 0 Å². The highest BCUT2D eigenvalue weighted by molar-refractivity contribution is 7.81. The lowest BCUT2D eigenvalue weighted by molar-refractivity contribution is -0.0437. The molecule has 8 heteroatoms. The number of esters is 1. The molecule has 1 atom stereocenters. The Balaban J connectivity index is 1.83. The highest BCUT2D eigenvalue weighted by atomic mass is 32.2. The Hall–Kier alpha value is -3.13. The van der Waals surface area contributed by atoms with Crippen molar-refractivity contribution in [1.82, 2.24) is 0 Å². The summed E-state index contributed by atoms with van der Waals surface area (Å²) in [6.07, 6.45) is 2.01. The van der Waals surface area contributed by atoms with Crippen LogP contribution in [0.4, 0.5) is 13.2 Å². The van der Waals surface area contributed by atoms with E-state index in [0.717, 1.165) is 24.0 Å². The van der Waals surface area contributed by atoms with Gasteiger partial charge >= 0.3 is 22.6 Å². The van der Waals surface area contributed by atoms with Crippen molar-refractivity contribution >= 4 is 17.0 Å². The van der Waals surface area contributed by atoms with Crippen LogP contribution in [0.25, 0.3) is 22.3 Å². The molecule has 4 rings (SSSR count). The molecule has 0 saturated carbocycles. The normalized spacial score (nSPS) is 16.8. The molecular formula is C30H31F3O4S. The van der Waals surface area contributed by atoms with Crippen LogP contribution in [-0.2, 0) is 26.6 Å². The lowest BCUT2D eigenvalue weighted by atomic mass is 9.63. The third-order valence-corrected chi connectivity index (χ3v) is 7.94. The van der Waals surface area contributed by atoms with Gasteiger partial charge in [-0.15, -0.1) is 0 Å². The van der Waals surface area contributed by atoms with Gasteiger partial charge in [-0.25, -0.2) is 9.00 Å². The van der Waals surface area contributed by atoms with Crippen molar-refractivity contribution in [1.29, 1.82) is 0 Å². The summed E-state index contributed by atoms with van der Waals surface area (Å²) < 4.78 is 61.2. The van der Waals surface area contributed by atoms with Gasteiger partial charge in [0, 0.05) is 5.56 Å². The number of benzene rings is 3. The van der Waals surface area contributed by atoms with Gasteiger partial charge in [0.1, 0.15) is 5.75 Å². The minimum absolute atomic E-state index is 0.0248. The van der Waals surface area contributed by atoms with Crippen LogP contribution in [0.1, 0.15) is 68.9 Å². The van der Waals surface area contributed by atoms with E-state index in [0.29, 0.717) is 22.3 Å². The number of carbonyl (C=O) groups excluding carboxylic acids is 1. The van der Waals surface area contributed by atoms with Crippen LogP contribution < -0.4 is 4.18 Å². The molecule has 38 heavy (non-hydrogen) atoms. The van der Waals surface area contributed by atoms with Crippen molar-refractivity contribution in [3.05, 3.63) is 77.4 Å². The van der Waals surface area contributed by atoms with Crippen LogP contribution in [0, 0.1) is 0 Å². The van der Waals surface area contributed by atoms with Crippen molar-refractivity contribution < 1.29 is 31.1 Å². The van der Waals surface area contributed by atoms with Crippen molar-refractivity contribution in [2.24, 2.45) is 0 Å². The first-order valence-corrected chi connectivity index (χ1v) is 13.5. The number of carbonyl (C=O) groups is 1. The van der Waals surface area contributed by atoms with Crippen molar-refractivity contribution in [2.45, 2.75) is 63.8 Å². The zero-order chi connectivity index (χ0) is 27.9. The minimum atomic E-state index is -5.01. The molecule has 0 saturated heterocycles. The summed E-state index contributed by atoms with van der Waals surface area (Å²) in [5.41, 5.74) is 0.130. The van der Waals surface area contributed by atoms with Gasteiger partial charge in [0.05, 0.1) is 12.2 Å². The van der Waals surface area contributed by atoms with Gasteiger partial charge in [0.2, 0.25) is 0 Å². The quantitative estimate of drug-likeness (QED) is 0.294. The molecule has 0 heterocycles. The van der Waals surface area contributed by atoms with E-state index >= 15 is 0 Å². The largest absolute Gasteiger partial charge is 0.508 e. The molecule has 0 aliphatic heterocycles. The summed E-state index contributed by atoms with van der Waals surface area (Å²) in [7, 11) is 0. The molecule has 0 N–H and O–H groups in total.